The third kappa shape index (κ3) is 17.1. The number of ether oxygens (including phenoxy) is 4. The average Bonchev–Trinajstić information content (AvgIpc) is 2.69. The Morgan fingerprint density at radius 2 is 0.951 bits per heavy atom. The molecule has 2 rings (SSSR count). The largest absolute Gasteiger partial charge is 0.519 e. The van der Waals surface area contributed by atoms with Gasteiger partial charge >= 0.3 is 24.2 Å². The van der Waals surface area contributed by atoms with Crippen molar-refractivity contribution in [3.05, 3.63) is 59.2 Å². The highest BCUT2D eigenvalue weighted by molar-refractivity contribution is 5.89. The van der Waals surface area contributed by atoms with E-state index in [0.29, 0.717) is 0 Å². The molecule has 0 aliphatic heterocycles. The van der Waals surface area contributed by atoms with Crippen LogP contribution in [-0.4, -0.2) is 56.1 Å². The van der Waals surface area contributed by atoms with Crippen molar-refractivity contribution in [1.82, 2.24) is 9.97 Å². The van der Waals surface area contributed by atoms with Crippen molar-refractivity contribution in [2.75, 3.05) is 0 Å². The van der Waals surface area contributed by atoms with E-state index in [-0.39, 0.29) is 5.56 Å². The Morgan fingerprint density at radius 3 is 1.24 bits per heavy atom. The van der Waals surface area contributed by atoms with Crippen molar-refractivity contribution < 1.29 is 60.8 Å². The number of carboxylic acids is 1. The van der Waals surface area contributed by atoms with E-state index in [1.807, 2.05) is 0 Å². The molecule has 0 aromatic carbocycles. The molecule has 11 nitrogen and oxygen atoms in total. The molecule has 228 valence electrons. The fourth-order valence-corrected chi connectivity index (χ4v) is 2.08. The standard InChI is InChI=1S/C10H11F2NO2.C10H18O5.C6H3F2NO2/c1-10(2,3)15-9(14)6-4-5-7(11)13-8(6)12;1-9(2,3)14-7(11)13-8(12)15-10(4,5)6;7-4-2-1-3(6(10)11)5(8)9-4/h4-5H,1-3H3;1-6H3;1-2H,(H,10,11). The molecule has 0 spiro atoms. The quantitative estimate of drug-likeness (QED) is 0.139. The molecular formula is C26H32F4N2O9. The molecular weight excluding hydrogens is 560 g/mol. The van der Waals surface area contributed by atoms with Gasteiger partial charge in [-0.3, -0.25) is 0 Å². The van der Waals surface area contributed by atoms with Crippen molar-refractivity contribution >= 4 is 24.2 Å². The lowest BCUT2D eigenvalue weighted by Gasteiger charge is -2.20. The van der Waals surface area contributed by atoms with Crippen LogP contribution in [0.3, 0.4) is 0 Å². The van der Waals surface area contributed by atoms with Gasteiger partial charge in [-0.05, 0) is 86.6 Å². The Bertz CT molecular complexity index is 1210. The number of rotatable bonds is 2. The Morgan fingerprint density at radius 1 is 0.610 bits per heavy atom. The van der Waals surface area contributed by atoms with Crippen molar-refractivity contribution in [3.8, 4) is 0 Å². The highest BCUT2D eigenvalue weighted by Gasteiger charge is 2.24. The summed E-state index contributed by atoms with van der Waals surface area (Å²) in [6.07, 6.45) is -2.12. The van der Waals surface area contributed by atoms with Crippen molar-refractivity contribution in [3.63, 3.8) is 0 Å². The van der Waals surface area contributed by atoms with Crippen LogP contribution in [-0.2, 0) is 18.9 Å². The highest BCUT2D eigenvalue weighted by atomic mass is 19.1. The lowest BCUT2D eigenvalue weighted by Crippen LogP contribution is -2.29. The summed E-state index contributed by atoms with van der Waals surface area (Å²) in [6, 6.07) is 3.51. The lowest BCUT2D eigenvalue weighted by atomic mass is 10.2. The van der Waals surface area contributed by atoms with Crippen LogP contribution < -0.4 is 0 Å². The molecule has 2 heterocycles. The van der Waals surface area contributed by atoms with Crippen LogP contribution in [0.2, 0.25) is 0 Å². The molecule has 0 bridgehead atoms. The van der Waals surface area contributed by atoms with Gasteiger partial charge in [-0.1, -0.05) is 0 Å². The maximum absolute atomic E-state index is 13.0. The first kappa shape index (κ1) is 36.7. The molecule has 0 aliphatic rings. The maximum Gasteiger partial charge on any atom is 0.519 e. The van der Waals surface area contributed by atoms with Crippen LogP contribution in [0.5, 0.6) is 0 Å². The molecule has 0 saturated carbocycles. The summed E-state index contributed by atoms with van der Waals surface area (Å²) >= 11 is 0. The van der Waals surface area contributed by atoms with E-state index in [0.717, 1.165) is 24.3 Å². The smallest absolute Gasteiger partial charge is 0.478 e. The minimum Gasteiger partial charge on any atom is -0.478 e. The lowest BCUT2D eigenvalue weighted by molar-refractivity contribution is -0.0295. The second-order valence-corrected chi connectivity index (χ2v) is 10.8. The molecule has 2 aromatic rings. The molecule has 0 atom stereocenters. The Balaban J connectivity index is 0.000000593. The number of pyridine rings is 2. The summed E-state index contributed by atoms with van der Waals surface area (Å²) in [6.45, 7) is 15.0. The molecule has 0 amide bonds. The van der Waals surface area contributed by atoms with E-state index in [4.69, 9.17) is 19.3 Å². The van der Waals surface area contributed by atoms with Gasteiger partial charge in [0.15, 0.2) is 0 Å². The van der Waals surface area contributed by atoms with E-state index in [1.165, 1.54) is 0 Å². The van der Waals surface area contributed by atoms with E-state index >= 15 is 0 Å². The second kappa shape index (κ2) is 14.9. The zero-order valence-corrected chi connectivity index (χ0v) is 23.9. The molecule has 2 aromatic heterocycles. The zero-order chi connectivity index (χ0) is 32.3. The number of carboxylic acid groups (broad SMARTS) is 1. The third-order valence-electron chi connectivity index (χ3n) is 3.42. The number of hydrogen-bond donors (Lipinski definition) is 1. The van der Waals surface area contributed by atoms with Gasteiger partial charge in [0.2, 0.25) is 23.8 Å². The molecule has 0 aliphatic carbocycles. The molecule has 15 heteroatoms. The predicted octanol–water partition coefficient (Wildman–Crippen LogP) is 6.25. The van der Waals surface area contributed by atoms with Crippen LogP contribution in [0, 0.1) is 23.8 Å². The summed E-state index contributed by atoms with van der Waals surface area (Å²) < 4.78 is 68.6. The highest BCUT2D eigenvalue weighted by Crippen LogP contribution is 2.14. The van der Waals surface area contributed by atoms with Crippen LogP contribution in [0.4, 0.5) is 27.2 Å². The van der Waals surface area contributed by atoms with Gasteiger partial charge in [0.05, 0.1) is 0 Å². The van der Waals surface area contributed by atoms with Crippen LogP contribution >= 0.6 is 0 Å². The number of carbonyl (C=O) groups excluding carboxylic acids is 3. The second-order valence-electron chi connectivity index (χ2n) is 10.8. The van der Waals surface area contributed by atoms with Crippen LogP contribution in [0.1, 0.15) is 83.0 Å². The molecule has 0 unspecified atom stereocenters. The molecule has 0 radical (unpaired) electrons. The van der Waals surface area contributed by atoms with E-state index in [2.05, 4.69) is 14.7 Å². The molecule has 1 N–H and O–H groups in total. The molecule has 41 heavy (non-hydrogen) atoms. The number of hydrogen-bond acceptors (Lipinski definition) is 10. The third-order valence-corrected chi connectivity index (χ3v) is 3.42. The van der Waals surface area contributed by atoms with Crippen LogP contribution in [0.25, 0.3) is 0 Å². The van der Waals surface area contributed by atoms with Gasteiger partial charge < -0.3 is 24.1 Å². The summed E-state index contributed by atoms with van der Waals surface area (Å²) in [7, 11) is 0. The van der Waals surface area contributed by atoms with Crippen molar-refractivity contribution in [2.45, 2.75) is 79.1 Å². The Hall–Kier alpha value is -4.30. The number of nitrogens with zero attached hydrogens (tertiary/aromatic N) is 2. The van der Waals surface area contributed by atoms with Gasteiger partial charge in [-0.25, -0.2) is 19.2 Å². The predicted molar refractivity (Wildman–Crippen MR) is 134 cm³/mol. The topological polar surface area (TPSA) is 151 Å². The first-order valence-electron chi connectivity index (χ1n) is 11.6. The van der Waals surface area contributed by atoms with Gasteiger partial charge in [0.25, 0.3) is 0 Å². The first-order valence-corrected chi connectivity index (χ1v) is 11.6. The normalized spacial score (nSPS) is 11.0. The van der Waals surface area contributed by atoms with Gasteiger partial charge in [0.1, 0.15) is 27.9 Å². The van der Waals surface area contributed by atoms with Crippen LogP contribution in [0.15, 0.2) is 24.3 Å². The molecule has 0 saturated heterocycles. The Kier molecular flexibility index (Phi) is 13.3. The number of aromatic nitrogens is 2. The van der Waals surface area contributed by atoms with Gasteiger partial charge in [-0.15, -0.1) is 0 Å². The summed E-state index contributed by atoms with van der Waals surface area (Å²) in [5.74, 6) is -6.79. The number of carbonyl (C=O) groups is 4. The fraction of sp³-hybridized carbons (Fsp3) is 0.462. The average molecular weight is 593 g/mol. The van der Waals surface area contributed by atoms with E-state index < -0.39 is 70.4 Å². The van der Waals surface area contributed by atoms with Crippen molar-refractivity contribution in [1.29, 1.82) is 0 Å². The zero-order valence-electron chi connectivity index (χ0n) is 23.9. The maximum atomic E-state index is 13.0. The van der Waals surface area contributed by atoms with Gasteiger partial charge in [-0.2, -0.15) is 27.5 Å². The van der Waals surface area contributed by atoms with Gasteiger partial charge in [0, 0.05) is 0 Å². The molecule has 0 fully saturated rings. The number of esters is 1. The van der Waals surface area contributed by atoms with E-state index in [1.54, 1.807) is 62.3 Å². The monoisotopic (exact) mass is 592 g/mol. The Labute approximate surface area is 233 Å². The first-order chi connectivity index (χ1) is 18.4. The minimum atomic E-state index is -1.46. The summed E-state index contributed by atoms with van der Waals surface area (Å²) in [4.78, 5) is 49.1. The number of halogens is 4. The number of aromatic carboxylic acids is 1. The SMILES string of the molecule is CC(C)(C)OC(=O)OC(=O)OC(C)(C)C.CC(C)(C)OC(=O)c1ccc(F)nc1F.O=C(O)c1ccc(F)nc1F. The minimum absolute atomic E-state index is 0.369. The van der Waals surface area contributed by atoms with Crippen molar-refractivity contribution in [2.24, 2.45) is 0 Å². The fourth-order valence-electron chi connectivity index (χ4n) is 2.08. The summed E-state index contributed by atoms with van der Waals surface area (Å²) in [5.41, 5.74) is -3.12. The van der Waals surface area contributed by atoms with E-state index in [9.17, 15) is 36.7 Å². The summed E-state index contributed by atoms with van der Waals surface area (Å²) in [5, 5.41) is 8.25.